The van der Waals surface area contributed by atoms with Gasteiger partial charge in [-0.1, -0.05) is 59.8 Å². The maximum Gasteiger partial charge on any atom is 0.276 e. The van der Waals surface area contributed by atoms with Crippen LogP contribution >= 0.6 is 0 Å². The number of carbonyl (C=O) groups excluding carboxylic acids is 1. The molecule has 23 heavy (non-hydrogen) atoms. The Morgan fingerprint density at radius 2 is 1.70 bits per heavy atom. The van der Waals surface area contributed by atoms with E-state index < -0.39 is 0 Å². The number of hydrogen-bond donors (Lipinski definition) is 0. The molecule has 4 heteroatoms. The Hall–Kier alpha value is -2.88. The smallest absolute Gasteiger partial charge is 0.276 e. The topological polar surface area (TPSA) is 46.3 Å². The highest BCUT2D eigenvalue weighted by Crippen LogP contribution is 2.20. The van der Waals surface area contributed by atoms with Gasteiger partial charge in [0.2, 0.25) is 0 Å². The lowest BCUT2D eigenvalue weighted by Crippen LogP contribution is -2.26. The summed E-state index contributed by atoms with van der Waals surface area (Å²) in [5.74, 6) is 0.489. The summed E-state index contributed by atoms with van der Waals surface area (Å²) in [6.07, 6.45) is 0. The second-order valence-electron chi connectivity index (χ2n) is 5.55. The summed E-state index contributed by atoms with van der Waals surface area (Å²) in [4.78, 5) is 13.9. The van der Waals surface area contributed by atoms with Crippen molar-refractivity contribution in [3.05, 3.63) is 77.7 Å². The summed E-state index contributed by atoms with van der Waals surface area (Å²) >= 11 is 0. The first kappa shape index (κ1) is 15.0. The van der Waals surface area contributed by atoms with Crippen molar-refractivity contribution >= 4 is 5.91 Å². The molecule has 0 atom stereocenters. The quantitative estimate of drug-likeness (QED) is 0.734. The Morgan fingerprint density at radius 3 is 2.30 bits per heavy atom. The van der Waals surface area contributed by atoms with Gasteiger partial charge < -0.3 is 9.42 Å². The summed E-state index contributed by atoms with van der Waals surface area (Å²) < 4.78 is 4.95. The molecule has 0 aliphatic carbocycles. The SMILES string of the molecule is Cc1cc(C(=O)N(C)Cc2ccc(-c3ccccc3)cc2)no1. The fraction of sp³-hybridized carbons (Fsp3) is 0.158. The van der Waals surface area contributed by atoms with Crippen molar-refractivity contribution in [3.8, 4) is 11.1 Å². The number of benzene rings is 2. The van der Waals surface area contributed by atoms with E-state index in [0.717, 1.165) is 11.1 Å². The highest BCUT2D eigenvalue weighted by Gasteiger charge is 2.16. The molecule has 116 valence electrons. The molecule has 1 aromatic heterocycles. The Labute approximate surface area is 135 Å². The van der Waals surface area contributed by atoms with Crippen molar-refractivity contribution in [2.24, 2.45) is 0 Å². The van der Waals surface area contributed by atoms with E-state index in [2.05, 4.69) is 29.4 Å². The minimum Gasteiger partial charge on any atom is -0.361 e. The summed E-state index contributed by atoms with van der Waals surface area (Å²) in [6, 6.07) is 20.1. The lowest BCUT2D eigenvalue weighted by Gasteiger charge is -2.16. The van der Waals surface area contributed by atoms with Crippen molar-refractivity contribution < 1.29 is 9.32 Å². The Kier molecular flexibility index (Phi) is 4.24. The average molecular weight is 306 g/mol. The number of amides is 1. The molecule has 0 aliphatic rings. The second kappa shape index (κ2) is 6.48. The lowest BCUT2D eigenvalue weighted by molar-refractivity contribution is 0.0774. The monoisotopic (exact) mass is 306 g/mol. The molecule has 0 saturated heterocycles. The van der Waals surface area contributed by atoms with Crippen LogP contribution in [-0.4, -0.2) is 23.0 Å². The molecule has 1 heterocycles. The fourth-order valence-corrected chi connectivity index (χ4v) is 2.44. The van der Waals surface area contributed by atoms with Gasteiger partial charge in [-0.3, -0.25) is 4.79 Å². The molecule has 3 aromatic rings. The van der Waals surface area contributed by atoms with E-state index in [9.17, 15) is 4.79 Å². The van der Waals surface area contributed by atoms with Gasteiger partial charge in [-0.15, -0.1) is 0 Å². The van der Waals surface area contributed by atoms with E-state index in [1.165, 1.54) is 5.56 Å². The lowest BCUT2D eigenvalue weighted by atomic mass is 10.0. The van der Waals surface area contributed by atoms with Crippen molar-refractivity contribution in [3.63, 3.8) is 0 Å². The summed E-state index contributed by atoms with van der Waals surface area (Å²) in [7, 11) is 1.76. The summed E-state index contributed by atoms with van der Waals surface area (Å²) in [5.41, 5.74) is 3.75. The van der Waals surface area contributed by atoms with E-state index in [4.69, 9.17) is 4.52 Å². The van der Waals surface area contributed by atoms with Gasteiger partial charge >= 0.3 is 0 Å². The molecule has 0 radical (unpaired) electrons. The van der Waals surface area contributed by atoms with Crippen molar-refractivity contribution in [1.82, 2.24) is 10.1 Å². The highest BCUT2D eigenvalue weighted by atomic mass is 16.5. The maximum atomic E-state index is 12.3. The van der Waals surface area contributed by atoms with Gasteiger partial charge in [0.15, 0.2) is 5.69 Å². The molecular weight excluding hydrogens is 288 g/mol. The number of nitrogens with zero attached hydrogens (tertiary/aromatic N) is 2. The Balaban J connectivity index is 1.69. The van der Waals surface area contributed by atoms with Crippen LogP contribution < -0.4 is 0 Å². The van der Waals surface area contributed by atoms with Gasteiger partial charge in [0.25, 0.3) is 5.91 Å². The molecule has 1 amide bonds. The molecule has 0 fully saturated rings. The average Bonchev–Trinajstić information content (AvgIpc) is 3.02. The molecule has 0 aliphatic heterocycles. The minimum atomic E-state index is -0.144. The Bertz CT molecular complexity index is 792. The molecule has 0 N–H and O–H groups in total. The highest BCUT2D eigenvalue weighted by molar-refractivity contribution is 5.92. The van der Waals surface area contributed by atoms with Crippen LogP contribution in [-0.2, 0) is 6.54 Å². The molecule has 0 unspecified atom stereocenters. The van der Waals surface area contributed by atoms with E-state index in [1.807, 2.05) is 30.3 Å². The zero-order valence-corrected chi connectivity index (χ0v) is 13.2. The summed E-state index contributed by atoms with van der Waals surface area (Å²) in [6.45, 7) is 2.30. The van der Waals surface area contributed by atoms with Gasteiger partial charge in [0.1, 0.15) is 5.76 Å². The number of rotatable bonds is 4. The standard InChI is InChI=1S/C19H18N2O2/c1-14-12-18(20-23-14)19(22)21(2)13-15-8-10-17(11-9-15)16-6-4-3-5-7-16/h3-12H,13H2,1-2H3. The second-order valence-corrected chi connectivity index (χ2v) is 5.55. The van der Waals surface area contributed by atoms with E-state index in [-0.39, 0.29) is 5.91 Å². The third-order valence-corrected chi connectivity index (χ3v) is 3.67. The largest absolute Gasteiger partial charge is 0.361 e. The van der Waals surface area contributed by atoms with Crippen LogP contribution in [0.1, 0.15) is 21.8 Å². The Morgan fingerprint density at radius 1 is 1.04 bits per heavy atom. The van der Waals surface area contributed by atoms with Crippen LogP contribution in [0.3, 0.4) is 0 Å². The van der Waals surface area contributed by atoms with E-state index in [0.29, 0.717) is 18.0 Å². The van der Waals surface area contributed by atoms with Crippen LogP contribution in [0.2, 0.25) is 0 Å². The zero-order valence-electron chi connectivity index (χ0n) is 13.2. The molecule has 2 aromatic carbocycles. The van der Waals surface area contributed by atoms with Crippen LogP contribution in [0.25, 0.3) is 11.1 Å². The molecular formula is C19H18N2O2. The van der Waals surface area contributed by atoms with Crippen LogP contribution in [0.5, 0.6) is 0 Å². The van der Waals surface area contributed by atoms with Gasteiger partial charge in [-0.05, 0) is 23.6 Å². The third kappa shape index (κ3) is 3.48. The van der Waals surface area contributed by atoms with Crippen LogP contribution in [0, 0.1) is 6.92 Å². The predicted molar refractivity (Wildman–Crippen MR) is 88.9 cm³/mol. The number of hydrogen-bond acceptors (Lipinski definition) is 3. The normalized spacial score (nSPS) is 10.5. The van der Waals surface area contributed by atoms with Crippen molar-refractivity contribution in [1.29, 1.82) is 0 Å². The number of aryl methyl sites for hydroxylation is 1. The first-order valence-electron chi connectivity index (χ1n) is 7.46. The van der Waals surface area contributed by atoms with Crippen LogP contribution in [0.4, 0.5) is 0 Å². The molecule has 3 rings (SSSR count). The van der Waals surface area contributed by atoms with Gasteiger partial charge in [0, 0.05) is 19.7 Å². The van der Waals surface area contributed by atoms with Gasteiger partial charge in [-0.2, -0.15) is 0 Å². The number of carbonyl (C=O) groups is 1. The first-order valence-corrected chi connectivity index (χ1v) is 7.46. The van der Waals surface area contributed by atoms with Gasteiger partial charge in [0.05, 0.1) is 0 Å². The first-order chi connectivity index (χ1) is 11.1. The van der Waals surface area contributed by atoms with Crippen molar-refractivity contribution in [2.45, 2.75) is 13.5 Å². The molecule has 4 nitrogen and oxygen atoms in total. The molecule has 0 bridgehead atoms. The number of aromatic nitrogens is 1. The predicted octanol–water partition coefficient (Wildman–Crippen LogP) is 3.92. The maximum absolute atomic E-state index is 12.3. The molecule has 0 spiro atoms. The fourth-order valence-electron chi connectivity index (χ4n) is 2.44. The van der Waals surface area contributed by atoms with Crippen molar-refractivity contribution in [2.75, 3.05) is 7.05 Å². The van der Waals surface area contributed by atoms with E-state index >= 15 is 0 Å². The molecule has 0 saturated carbocycles. The van der Waals surface area contributed by atoms with E-state index in [1.54, 1.807) is 24.9 Å². The minimum absolute atomic E-state index is 0.144. The van der Waals surface area contributed by atoms with Gasteiger partial charge in [-0.25, -0.2) is 0 Å². The van der Waals surface area contributed by atoms with Crippen LogP contribution in [0.15, 0.2) is 65.2 Å². The summed E-state index contributed by atoms with van der Waals surface area (Å²) in [5, 5.41) is 3.77. The third-order valence-electron chi connectivity index (χ3n) is 3.67. The zero-order chi connectivity index (χ0) is 16.2.